The Morgan fingerprint density at radius 2 is 1.13 bits per heavy atom. The zero-order valence-electron chi connectivity index (χ0n) is 39.5. The number of hydrogen-bond acceptors (Lipinski definition) is 7. The highest BCUT2D eigenvalue weighted by Crippen LogP contribution is 2.55. The third-order valence-electron chi connectivity index (χ3n) is 14.1. The van der Waals surface area contributed by atoms with E-state index in [9.17, 15) is 20.4 Å². The quantitative estimate of drug-likeness (QED) is 0.0781. The predicted molar refractivity (Wildman–Crippen MR) is 292 cm³/mol. The molecule has 0 amide bonds. The van der Waals surface area contributed by atoms with E-state index in [-0.39, 0.29) is 11.3 Å². The van der Waals surface area contributed by atoms with Crippen LogP contribution in [-0.2, 0) is 0 Å². The van der Waals surface area contributed by atoms with Crippen LogP contribution in [0.2, 0.25) is 0 Å². The van der Waals surface area contributed by atoms with E-state index in [1.54, 1.807) is 10.6 Å². The van der Waals surface area contributed by atoms with Gasteiger partial charge in [-0.1, -0.05) is 133 Å². The van der Waals surface area contributed by atoms with E-state index >= 15 is 0 Å². The molecular formula is C62H48N4O4S. The normalized spacial score (nSPS) is 13.5. The van der Waals surface area contributed by atoms with Crippen LogP contribution in [0.4, 0.5) is 0 Å². The average Bonchev–Trinajstić information content (AvgIpc) is 4.05. The Hall–Kier alpha value is -8.79. The number of para-hydroxylation sites is 3. The van der Waals surface area contributed by atoms with Gasteiger partial charge >= 0.3 is 0 Å². The van der Waals surface area contributed by atoms with Crippen LogP contribution in [0.3, 0.4) is 0 Å². The fourth-order valence-electron chi connectivity index (χ4n) is 11.1. The van der Waals surface area contributed by atoms with Crippen LogP contribution in [0.1, 0.15) is 35.3 Å². The third-order valence-corrected chi connectivity index (χ3v) is 15.2. The van der Waals surface area contributed by atoms with Crippen molar-refractivity contribution in [3.8, 4) is 45.5 Å². The summed E-state index contributed by atoms with van der Waals surface area (Å²) >= 11 is 1.48. The second-order valence-corrected chi connectivity index (χ2v) is 19.2. The molecule has 9 heteroatoms. The first kappa shape index (κ1) is 43.5. The Kier molecular flexibility index (Phi) is 10.2. The van der Waals surface area contributed by atoms with Gasteiger partial charge in [0.2, 0.25) is 0 Å². The number of nitrogens with zero attached hydrogens (tertiary/aromatic N) is 4. The molecule has 0 saturated heterocycles. The van der Waals surface area contributed by atoms with Crippen LogP contribution in [0, 0.1) is 13.8 Å². The minimum Gasteiger partial charge on any atom is -0.504 e. The van der Waals surface area contributed by atoms with Crippen molar-refractivity contribution >= 4 is 81.5 Å². The van der Waals surface area contributed by atoms with Gasteiger partial charge in [-0.3, -0.25) is 4.99 Å². The van der Waals surface area contributed by atoms with Crippen LogP contribution in [0.15, 0.2) is 188 Å². The van der Waals surface area contributed by atoms with Crippen LogP contribution >= 0.6 is 11.3 Å². The summed E-state index contributed by atoms with van der Waals surface area (Å²) in [5, 5.41) is 58.1. The molecule has 0 fully saturated rings. The van der Waals surface area contributed by atoms with Gasteiger partial charge in [0.1, 0.15) is 11.9 Å². The highest BCUT2D eigenvalue weighted by molar-refractivity contribution is 7.17. The lowest BCUT2D eigenvalue weighted by Gasteiger charge is -2.33. The lowest BCUT2D eigenvalue weighted by molar-refractivity contribution is 0.339. The summed E-state index contributed by atoms with van der Waals surface area (Å²) in [6, 6.07) is 57.5. The second kappa shape index (κ2) is 16.7. The van der Waals surface area contributed by atoms with Crippen molar-refractivity contribution in [3.63, 3.8) is 0 Å². The number of benzene rings is 9. The lowest BCUT2D eigenvalue weighted by Crippen LogP contribution is -2.38. The van der Waals surface area contributed by atoms with Crippen molar-refractivity contribution in [3.05, 3.63) is 215 Å². The number of allylic oxidation sites excluding steroid dienone is 1. The minimum atomic E-state index is -0.630. The van der Waals surface area contributed by atoms with Crippen molar-refractivity contribution in [1.82, 2.24) is 14.0 Å². The van der Waals surface area contributed by atoms with Gasteiger partial charge in [0, 0.05) is 44.4 Å². The molecule has 4 N–H and O–H groups in total. The summed E-state index contributed by atoms with van der Waals surface area (Å²) < 4.78 is 5.72. The molecule has 0 saturated carbocycles. The van der Waals surface area contributed by atoms with E-state index in [1.165, 1.54) is 11.3 Å². The van der Waals surface area contributed by atoms with Crippen LogP contribution < -0.4 is 9.89 Å². The smallest absolute Gasteiger partial charge is 0.187 e. The summed E-state index contributed by atoms with van der Waals surface area (Å²) in [6.07, 6.45) is 1.12. The number of phenolic OH excluding ortho intramolecular Hbond substituents is 4. The molecule has 0 spiro atoms. The van der Waals surface area contributed by atoms with Crippen LogP contribution in [0.5, 0.6) is 23.0 Å². The van der Waals surface area contributed by atoms with Crippen LogP contribution in [-0.4, -0.2) is 41.5 Å². The summed E-state index contributed by atoms with van der Waals surface area (Å²) in [5.74, 6) is -2.27. The van der Waals surface area contributed by atoms with Crippen LogP contribution in [0.25, 0.3) is 92.7 Å². The molecule has 1 aliphatic heterocycles. The maximum Gasteiger partial charge on any atom is 0.187 e. The minimum absolute atomic E-state index is 0.0933. The van der Waals surface area contributed by atoms with E-state index in [4.69, 9.17) is 4.99 Å². The Balaban J connectivity index is 0.00000168. The van der Waals surface area contributed by atoms with Crippen molar-refractivity contribution < 1.29 is 20.4 Å². The molecule has 1 unspecified atom stereocenters. The van der Waals surface area contributed by atoms with Gasteiger partial charge in [-0.15, -0.1) is 17.9 Å². The largest absolute Gasteiger partial charge is 0.504 e. The molecule has 71 heavy (non-hydrogen) atoms. The number of aryl methyl sites for hydroxylation is 2. The van der Waals surface area contributed by atoms with Crippen molar-refractivity contribution in [2.75, 3.05) is 7.05 Å². The molecule has 8 nitrogen and oxygen atoms in total. The van der Waals surface area contributed by atoms with E-state index in [1.807, 2.05) is 110 Å². The zero-order chi connectivity index (χ0) is 48.8. The predicted octanol–water partition coefficient (Wildman–Crippen LogP) is 14.0. The molecule has 4 heterocycles. The number of rotatable bonds is 5. The molecule has 1 aliphatic rings. The lowest BCUT2D eigenvalue weighted by atomic mass is 9.89. The molecule has 13 rings (SSSR count). The van der Waals surface area contributed by atoms with Gasteiger partial charge in [0.05, 0.1) is 43.2 Å². The molecule has 1 atom stereocenters. The van der Waals surface area contributed by atoms with Gasteiger partial charge in [0.15, 0.2) is 23.0 Å². The van der Waals surface area contributed by atoms with E-state index in [2.05, 4.69) is 104 Å². The topological polar surface area (TPSA) is 106 Å². The van der Waals surface area contributed by atoms with Gasteiger partial charge in [-0.2, -0.15) is 0 Å². The Bertz CT molecular complexity index is 4290. The van der Waals surface area contributed by atoms with E-state index < -0.39 is 29.2 Å². The monoisotopic (exact) mass is 944 g/mol. The summed E-state index contributed by atoms with van der Waals surface area (Å²) in [7, 11) is 1.88. The third kappa shape index (κ3) is 6.39. The first-order valence-corrected chi connectivity index (χ1v) is 24.4. The zero-order valence-corrected chi connectivity index (χ0v) is 40.3. The van der Waals surface area contributed by atoms with E-state index in [0.29, 0.717) is 21.1 Å². The van der Waals surface area contributed by atoms with E-state index in [0.717, 1.165) is 92.5 Å². The fourth-order valence-corrected chi connectivity index (χ4v) is 12.3. The summed E-state index contributed by atoms with van der Waals surface area (Å²) in [4.78, 5) is 7.36. The van der Waals surface area contributed by atoms with Gasteiger partial charge < -0.3 is 34.5 Å². The van der Waals surface area contributed by atoms with Gasteiger partial charge in [0.25, 0.3) is 0 Å². The number of aromatic nitrogens is 2. The maximum absolute atomic E-state index is 12.6. The Morgan fingerprint density at radius 3 is 1.83 bits per heavy atom. The average molecular weight is 945 g/mol. The molecule has 0 bridgehead atoms. The first-order valence-electron chi connectivity index (χ1n) is 23.6. The van der Waals surface area contributed by atoms with Gasteiger partial charge in [-0.05, 0) is 102 Å². The highest BCUT2D eigenvalue weighted by atomic mass is 32.1. The molecule has 0 aliphatic carbocycles. The number of aromatic hydroxyl groups is 4. The maximum atomic E-state index is 12.6. The van der Waals surface area contributed by atoms with Crippen molar-refractivity contribution in [2.45, 2.75) is 26.9 Å². The molecule has 12 aromatic rings. The Morgan fingerprint density at radius 1 is 0.563 bits per heavy atom. The summed E-state index contributed by atoms with van der Waals surface area (Å²) in [6.45, 7) is 9.41. The van der Waals surface area contributed by atoms with Crippen molar-refractivity contribution in [1.29, 1.82) is 0 Å². The molecule has 0 radical (unpaired) electrons. The number of fused-ring (bicyclic) bond motifs is 11. The van der Waals surface area contributed by atoms with Gasteiger partial charge in [-0.25, -0.2) is 0 Å². The SMILES string of the molecule is C=CC.Cc1ccccc1-c1c(C)c2c(c3ccccc13)c1ccccc1n2-c1c(O)c(O)c(C2=c3sc4ccccc4c3=NC(c3ccc4c(c3)c3ccccc3n4-c3ccccc3)N2C)c(O)c1O. The molecule has 346 valence electrons. The number of thiophene rings is 1. The fraction of sp³-hybridized carbons (Fsp3) is 0.0806. The summed E-state index contributed by atoms with van der Waals surface area (Å²) in [5.41, 5.74) is 9.79. The first-order chi connectivity index (χ1) is 34.6. The molecule has 3 aromatic heterocycles. The molecule has 9 aromatic carbocycles. The second-order valence-electron chi connectivity index (χ2n) is 18.2. The highest BCUT2D eigenvalue weighted by Gasteiger charge is 2.35. The number of hydrogen-bond donors (Lipinski definition) is 4. The molecular weight excluding hydrogens is 897 g/mol. The van der Waals surface area contributed by atoms with Crippen molar-refractivity contribution in [2.24, 2.45) is 4.99 Å². The number of phenols is 4. The standard InChI is InChI=1S/C59H42N4O4S.C3H6/c1-32-17-7-8-20-36(32)47-33(2)51-48(39-23-10-9-22-38(39)47)40-24-12-15-27-44(40)63(51)53-56(66)54(64)49(55(65)57(53)67)52-58-50(41-25-13-16-28-46(41)68-58)60-59(61(52)3)34-29-30-45-42(31-34)37-21-11-14-26-43(37)62(45)35-18-5-4-6-19-35;1-3-2/h4-31,59,64-67H,1-3H3;3H,1H2,2H3. The Labute approximate surface area is 413 Å².